The molecule has 2 aliphatic heterocycles. The highest BCUT2D eigenvalue weighted by Gasteiger charge is 2.41. The fraction of sp³-hybridized carbons (Fsp3) is 0.556. The summed E-state index contributed by atoms with van der Waals surface area (Å²) < 4.78 is 76.1. The molecule has 2 heterocycles. The summed E-state index contributed by atoms with van der Waals surface area (Å²) in [7, 11) is -4.38. The Bertz CT molecular complexity index is 893. The van der Waals surface area contributed by atoms with Crippen LogP contribution in [-0.4, -0.2) is 50.0 Å². The van der Waals surface area contributed by atoms with E-state index in [1.54, 1.807) is 6.92 Å². The third kappa shape index (κ3) is 4.55. The van der Waals surface area contributed by atoms with Crippen molar-refractivity contribution in [3.63, 3.8) is 0 Å². The van der Waals surface area contributed by atoms with Crippen LogP contribution in [0.1, 0.15) is 31.7 Å². The summed E-state index contributed by atoms with van der Waals surface area (Å²) in [6.45, 7) is 1.42. The van der Waals surface area contributed by atoms with Crippen LogP contribution in [0, 0.1) is 5.92 Å². The van der Waals surface area contributed by atoms with Gasteiger partial charge >= 0.3 is 18.1 Å². The van der Waals surface area contributed by atoms with Gasteiger partial charge in [-0.25, -0.2) is 13.2 Å². The van der Waals surface area contributed by atoms with Crippen molar-refractivity contribution in [1.82, 2.24) is 4.31 Å². The Labute approximate surface area is 165 Å². The van der Waals surface area contributed by atoms with Crippen LogP contribution in [0.2, 0.25) is 0 Å². The first-order valence-electron chi connectivity index (χ1n) is 9.07. The van der Waals surface area contributed by atoms with Gasteiger partial charge < -0.3 is 9.47 Å². The van der Waals surface area contributed by atoms with Crippen LogP contribution in [0.3, 0.4) is 0 Å². The molecule has 1 aromatic rings. The maximum Gasteiger partial charge on any atom is 0.417 e. The molecule has 2 atom stereocenters. The van der Waals surface area contributed by atoms with E-state index in [4.69, 9.17) is 9.47 Å². The van der Waals surface area contributed by atoms with Crippen molar-refractivity contribution in [3.8, 4) is 0 Å². The van der Waals surface area contributed by atoms with Gasteiger partial charge in [-0.15, -0.1) is 0 Å². The van der Waals surface area contributed by atoms with Crippen molar-refractivity contribution in [3.05, 3.63) is 29.8 Å². The molecule has 160 valence electrons. The number of alkyl halides is 3. The Morgan fingerprint density at radius 1 is 1.21 bits per heavy atom. The third-order valence-corrected chi connectivity index (χ3v) is 6.94. The van der Waals surface area contributed by atoms with E-state index in [1.165, 1.54) is 6.07 Å². The lowest BCUT2D eigenvalue weighted by molar-refractivity contribution is -0.164. The number of cyclic esters (lactones) is 1. The van der Waals surface area contributed by atoms with Gasteiger partial charge in [-0.3, -0.25) is 4.79 Å². The van der Waals surface area contributed by atoms with Crippen molar-refractivity contribution >= 4 is 22.0 Å². The Hall–Kier alpha value is -2.14. The van der Waals surface area contributed by atoms with Crippen molar-refractivity contribution in [2.75, 3.05) is 13.1 Å². The zero-order valence-corrected chi connectivity index (χ0v) is 16.3. The van der Waals surface area contributed by atoms with Crippen LogP contribution in [0.25, 0.3) is 0 Å². The van der Waals surface area contributed by atoms with Gasteiger partial charge in [-0.05, 0) is 31.9 Å². The molecular formula is C18H20F3NO6S. The van der Waals surface area contributed by atoms with Crippen molar-refractivity contribution in [2.24, 2.45) is 5.92 Å². The van der Waals surface area contributed by atoms with Gasteiger partial charge in [-0.1, -0.05) is 12.1 Å². The number of halogens is 3. The number of carbonyl (C=O) groups excluding carboxylic acids is 2. The Kier molecular flexibility index (Phi) is 5.91. The lowest BCUT2D eigenvalue weighted by Crippen LogP contribution is -2.41. The van der Waals surface area contributed by atoms with Crippen LogP contribution >= 0.6 is 0 Å². The molecule has 7 nitrogen and oxygen atoms in total. The second kappa shape index (κ2) is 7.94. The molecule has 11 heteroatoms. The average Bonchev–Trinajstić information content (AvgIpc) is 2.98. The maximum atomic E-state index is 13.2. The van der Waals surface area contributed by atoms with E-state index >= 15 is 0 Å². The van der Waals surface area contributed by atoms with Gasteiger partial charge in [0.1, 0.15) is 6.10 Å². The van der Waals surface area contributed by atoms with E-state index in [-0.39, 0.29) is 38.5 Å². The maximum absolute atomic E-state index is 13.2. The fourth-order valence-corrected chi connectivity index (χ4v) is 5.13. The van der Waals surface area contributed by atoms with E-state index in [0.29, 0.717) is 0 Å². The summed E-state index contributed by atoms with van der Waals surface area (Å²) in [4.78, 5) is 23.0. The highest BCUT2D eigenvalue weighted by molar-refractivity contribution is 7.89. The first-order chi connectivity index (χ1) is 13.5. The minimum Gasteiger partial charge on any atom is -0.460 e. The molecule has 0 radical (unpaired) electrons. The predicted octanol–water partition coefficient (Wildman–Crippen LogP) is 2.35. The van der Waals surface area contributed by atoms with E-state index < -0.39 is 50.6 Å². The van der Waals surface area contributed by atoms with Gasteiger partial charge in [0.05, 0.1) is 16.4 Å². The SMILES string of the molecule is C[C@@H]1C[C@H](OC(=O)C2CCN(S(=O)(=O)c3ccccc3C(F)(F)F)CC2)C(=O)O1. The van der Waals surface area contributed by atoms with E-state index in [2.05, 4.69) is 0 Å². The molecule has 29 heavy (non-hydrogen) atoms. The highest BCUT2D eigenvalue weighted by Crippen LogP contribution is 2.36. The minimum absolute atomic E-state index is 0.0869. The molecule has 0 aromatic heterocycles. The first kappa shape index (κ1) is 21.6. The topological polar surface area (TPSA) is 90.0 Å². The molecule has 0 amide bonds. The van der Waals surface area contributed by atoms with Gasteiger partial charge in [-0.2, -0.15) is 17.5 Å². The van der Waals surface area contributed by atoms with Crippen LogP contribution in [-0.2, 0) is 35.3 Å². The summed E-state index contributed by atoms with van der Waals surface area (Å²) in [6.07, 6.45) is -5.70. The lowest BCUT2D eigenvalue weighted by Gasteiger charge is -2.31. The van der Waals surface area contributed by atoms with Gasteiger partial charge in [0.2, 0.25) is 16.1 Å². The second-order valence-electron chi connectivity index (χ2n) is 7.08. The number of carbonyl (C=O) groups is 2. The van der Waals surface area contributed by atoms with Crippen molar-refractivity contribution < 1.29 is 40.7 Å². The third-order valence-electron chi connectivity index (χ3n) is 4.98. The molecule has 0 N–H and O–H groups in total. The number of benzene rings is 1. The molecule has 1 aromatic carbocycles. The molecule has 0 unspecified atom stereocenters. The van der Waals surface area contributed by atoms with Crippen LogP contribution in [0.15, 0.2) is 29.2 Å². The van der Waals surface area contributed by atoms with Crippen LogP contribution in [0.4, 0.5) is 13.2 Å². The van der Waals surface area contributed by atoms with E-state index in [1.807, 2.05) is 0 Å². The summed E-state index contributed by atoms with van der Waals surface area (Å²) >= 11 is 0. The standard InChI is InChI=1S/C18H20F3NO6S/c1-11-10-14(17(24)27-11)28-16(23)12-6-8-22(9-7-12)29(25,26)15-5-3-2-4-13(15)18(19,20)21/h2-5,11-12,14H,6-10H2,1H3/t11-,14+/m1/s1. The quantitative estimate of drug-likeness (QED) is 0.675. The minimum atomic E-state index is -4.81. The normalized spacial score (nSPS) is 24.3. The zero-order valence-electron chi connectivity index (χ0n) is 15.5. The summed E-state index contributed by atoms with van der Waals surface area (Å²) in [5, 5.41) is 0. The zero-order chi connectivity index (χ0) is 21.4. The van der Waals surface area contributed by atoms with Gasteiger partial charge in [0, 0.05) is 19.5 Å². The number of esters is 2. The monoisotopic (exact) mass is 435 g/mol. The first-order valence-corrected chi connectivity index (χ1v) is 10.5. The summed E-state index contributed by atoms with van der Waals surface area (Å²) in [5.74, 6) is -1.88. The number of sulfonamides is 1. The lowest BCUT2D eigenvalue weighted by atomic mass is 9.98. The van der Waals surface area contributed by atoms with Crippen molar-refractivity contribution in [1.29, 1.82) is 0 Å². The fourth-order valence-electron chi connectivity index (χ4n) is 3.45. The highest BCUT2D eigenvalue weighted by atomic mass is 32.2. The smallest absolute Gasteiger partial charge is 0.417 e. The molecule has 0 bridgehead atoms. The molecule has 2 saturated heterocycles. The number of hydrogen-bond acceptors (Lipinski definition) is 6. The Morgan fingerprint density at radius 3 is 2.38 bits per heavy atom. The second-order valence-corrected chi connectivity index (χ2v) is 8.99. The average molecular weight is 435 g/mol. The molecule has 2 aliphatic rings. The van der Waals surface area contributed by atoms with Gasteiger partial charge in [0.15, 0.2) is 0 Å². The van der Waals surface area contributed by atoms with Crippen LogP contribution in [0.5, 0.6) is 0 Å². The number of ether oxygens (including phenoxy) is 2. The molecule has 0 spiro atoms. The largest absolute Gasteiger partial charge is 0.460 e. The predicted molar refractivity (Wildman–Crippen MR) is 93.0 cm³/mol. The van der Waals surface area contributed by atoms with Crippen molar-refractivity contribution in [2.45, 2.75) is 49.5 Å². The summed E-state index contributed by atoms with van der Waals surface area (Å²) in [6, 6.07) is 4.00. The van der Waals surface area contributed by atoms with Gasteiger partial charge in [0.25, 0.3) is 0 Å². The molecule has 3 rings (SSSR count). The summed E-state index contributed by atoms with van der Waals surface area (Å²) in [5.41, 5.74) is -1.23. The van der Waals surface area contributed by atoms with E-state index in [9.17, 15) is 31.2 Å². The number of piperidine rings is 1. The molecule has 0 saturated carbocycles. The molecule has 2 fully saturated rings. The Balaban J connectivity index is 1.66. The Morgan fingerprint density at radius 2 is 1.83 bits per heavy atom. The number of rotatable bonds is 4. The molecular weight excluding hydrogens is 415 g/mol. The van der Waals surface area contributed by atoms with Crippen LogP contribution < -0.4 is 0 Å². The number of nitrogens with zero attached hydrogens (tertiary/aromatic N) is 1. The van der Waals surface area contributed by atoms with E-state index in [0.717, 1.165) is 22.5 Å². The molecule has 0 aliphatic carbocycles. The number of hydrogen-bond donors (Lipinski definition) is 0.